The number of hydrogen-bond donors (Lipinski definition) is 1. The van der Waals surface area contributed by atoms with Crippen molar-refractivity contribution in [1.82, 2.24) is 10.2 Å². The first kappa shape index (κ1) is 30.5. The van der Waals surface area contributed by atoms with Crippen LogP contribution in [-0.2, 0) is 26.2 Å². The molecule has 0 aliphatic carbocycles. The molecule has 0 heterocycles. The minimum absolute atomic E-state index is 0.0547. The van der Waals surface area contributed by atoms with Crippen molar-refractivity contribution in [2.24, 2.45) is 0 Å². The second kappa shape index (κ2) is 12.9. The maximum Gasteiger partial charge on any atom is 0.264 e. The van der Waals surface area contributed by atoms with E-state index in [1.165, 1.54) is 24.1 Å². The summed E-state index contributed by atoms with van der Waals surface area (Å²) in [4.78, 5) is 28.3. The summed E-state index contributed by atoms with van der Waals surface area (Å²) >= 11 is 12.8. The second-order valence-electron chi connectivity index (χ2n) is 9.43. The van der Waals surface area contributed by atoms with Crippen molar-refractivity contribution in [3.8, 4) is 0 Å². The van der Waals surface area contributed by atoms with Crippen LogP contribution in [-0.4, -0.2) is 44.8 Å². The number of carbonyl (C=O) groups is 2. The normalized spacial score (nSPS) is 12.1. The van der Waals surface area contributed by atoms with Crippen molar-refractivity contribution in [2.75, 3.05) is 17.9 Å². The van der Waals surface area contributed by atoms with E-state index >= 15 is 0 Å². The van der Waals surface area contributed by atoms with Crippen LogP contribution in [0.3, 0.4) is 0 Å². The molecule has 3 aromatic rings. The van der Waals surface area contributed by atoms with E-state index in [4.69, 9.17) is 23.2 Å². The monoisotopic (exact) mass is 589 g/mol. The smallest absolute Gasteiger partial charge is 0.264 e. The summed E-state index contributed by atoms with van der Waals surface area (Å²) in [5.41, 5.74) is 3.42. The second-order valence-corrected chi connectivity index (χ2v) is 12.1. The molecule has 1 N–H and O–H groups in total. The van der Waals surface area contributed by atoms with E-state index < -0.39 is 28.5 Å². The maximum atomic E-state index is 14.0. The van der Waals surface area contributed by atoms with Crippen molar-refractivity contribution >= 4 is 50.7 Å². The Hall–Kier alpha value is -3.07. The number of aryl methyl sites for hydroxylation is 3. The van der Waals surface area contributed by atoms with Gasteiger partial charge in [0, 0.05) is 29.2 Å². The third-order valence-electron chi connectivity index (χ3n) is 6.40. The first-order chi connectivity index (χ1) is 18.4. The van der Waals surface area contributed by atoms with Crippen LogP contribution < -0.4 is 9.62 Å². The van der Waals surface area contributed by atoms with Gasteiger partial charge in [0.05, 0.1) is 10.6 Å². The topological polar surface area (TPSA) is 86.8 Å². The van der Waals surface area contributed by atoms with Gasteiger partial charge in [-0.05, 0) is 74.7 Å². The lowest BCUT2D eigenvalue weighted by atomic mass is 10.1. The fourth-order valence-electron chi connectivity index (χ4n) is 4.40. The van der Waals surface area contributed by atoms with E-state index in [1.54, 1.807) is 49.4 Å². The molecular weight excluding hydrogens is 557 g/mol. The minimum atomic E-state index is -4.15. The Labute approximate surface area is 240 Å². The van der Waals surface area contributed by atoms with E-state index in [0.29, 0.717) is 27.7 Å². The lowest BCUT2D eigenvalue weighted by Crippen LogP contribution is -2.51. The zero-order chi connectivity index (χ0) is 28.9. The molecule has 0 unspecified atom stereocenters. The number of nitrogens with one attached hydrogen (secondary N) is 1. The number of hydrogen-bond acceptors (Lipinski definition) is 4. The van der Waals surface area contributed by atoms with Gasteiger partial charge in [0.1, 0.15) is 12.6 Å². The highest BCUT2D eigenvalue weighted by Gasteiger charge is 2.34. The molecule has 0 bridgehead atoms. The fraction of sp³-hybridized carbons (Fsp3) is 0.310. The number of amides is 2. The quantitative estimate of drug-likeness (QED) is 0.330. The average Bonchev–Trinajstić information content (AvgIpc) is 2.88. The van der Waals surface area contributed by atoms with Gasteiger partial charge < -0.3 is 10.2 Å². The van der Waals surface area contributed by atoms with Gasteiger partial charge in [-0.3, -0.25) is 13.9 Å². The molecule has 3 rings (SSSR count). The maximum absolute atomic E-state index is 14.0. The number of likely N-dealkylation sites (N-methyl/N-ethyl adjacent to an activating group) is 1. The van der Waals surface area contributed by atoms with Crippen LogP contribution in [0.1, 0.15) is 35.6 Å². The molecule has 0 aliphatic rings. The summed E-state index contributed by atoms with van der Waals surface area (Å²) < 4.78 is 29.0. The summed E-state index contributed by atoms with van der Waals surface area (Å²) in [6, 6.07) is 15.9. The summed E-state index contributed by atoms with van der Waals surface area (Å²) in [5.74, 6) is -0.954. The van der Waals surface area contributed by atoms with E-state index in [9.17, 15) is 18.0 Å². The number of nitrogens with zero attached hydrogens (tertiary/aromatic N) is 2. The average molecular weight is 591 g/mol. The molecule has 0 saturated carbocycles. The Morgan fingerprint density at radius 3 is 1.97 bits per heavy atom. The third-order valence-corrected chi connectivity index (χ3v) is 8.90. The highest BCUT2D eigenvalue weighted by molar-refractivity contribution is 7.92. The summed E-state index contributed by atoms with van der Waals surface area (Å²) in [5, 5.41) is 3.27. The molecule has 3 aromatic carbocycles. The molecule has 0 saturated heterocycles. The van der Waals surface area contributed by atoms with Gasteiger partial charge >= 0.3 is 0 Å². The Morgan fingerprint density at radius 2 is 1.46 bits per heavy atom. The fourth-order valence-corrected chi connectivity index (χ4v) is 6.32. The first-order valence-electron chi connectivity index (χ1n) is 12.5. The van der Waals surface area contributed by atoms with Crippen LogP contribution in [0.15, 0.2) is 65.6 Å². The standard InChI is InChI=1S/C29H33Cl2N3O4S/c1-6-27(29(36)32-5)33(17-24-25(30)8-7-9-26(24)31)28(35)18-34(22-15-20(3)14-21(4)16-22)39(37,38)23-12-10-19(2)11-13-23/h7-16,27H,6,17-18H2,1-5H3,(H,32,36)/t27-/m1/s1. The van der Waals surface area contributed by atoms with Gasteiger partial charge in [-0.2, -0.15) is 0 Å². The number of anilines is 1. The van der Waals surface area contributed by atoms with E-state index in [-0.39, 0.29) is 17.3 Å². The van der Waals surface area contributed by atoms with Gasteiger partial charge in [-0.25, -0.2) is 8.42 Å². The molecule has 39 heavy (non-hydrogen) atoms. The van der Waals surface area contributed by atoms with E-state index in [2.05, 4.69) is 5.32 Å². The van der Waals surface area contributed by atoms with Gasteiger partial charge in [-0.1, -0.05) is 60.0 Å². The molecule has 0 aliphatic heterocycles. The molecule has 2 amide bonds. The van der Waals surface area contributed by atoms with Gasteiger partial charge in [0.15, 0.2) is 0 Å². The van der Waals surface area contributed by atoms with Gasteiger partial charge in [-0.15, -0.1) is 0 Å². The zero-order valence-corrected chi connectivity index (χ0v) is 25.0. The number of sulfonamides is 1. The SMILES string of the molecule is CC[C@H](C(=O)NC)N(Cc1c(Cl)cccc1Cl)C(=O)CN(c1cc(C)cc(C)c1)S(=O)(=O)c1ccc(C)cc1. The van der Waals surface area contributed by atoms with Gasteiger partial charge in [0.2, 0.25) is 11.8 Å². The van der Waals surface area contributed by atoms with Crippen molar-refractivity contribution in [1.29, 1.82) is 0 Å². The lowest BCUT2D eigenvalue weighted by molar-refractivity contribution is -0.140. The summed E-state index contributed by atoms with van der Waals surface area (Å²) in [6.45, 7) is 6.75. The molecule has 0 spiro atoms. The Kier molecular flexibility index (Phi) is 10.0. The Balaban J connectivity index is 2.13. The van der Waals surface area contributed by atoms with Crippen LogP contribution >= 0.6 is 23.2 Å². The molecule has 0 radical (unpaired) electrons. The van der Waals surface area contributed by atoms with E-state index in [0.717, 1.165) is 21.0 Å². The largest absolute Gasteiger partial charge is 0.357 e. The highest BCUT2D eigenvalue weighted by atomic mass is 35.5. The van der Waals surface area contributed by atoms with Crippen LogP contribution in [0, 0.1) is 20.8 Å². The van der Waals surface area contributed by atoms with Crippen LogP contribution in [0.4, 0.5) is 5.69 Å². The molecular formula is C29H33Cl2N3O4S. The molecule has 10 heteroatoms. The molecule has 0 fully saturated rings. The highest BCUT2D eigenvalue weighted by Crippen LogP contribution is 2.29. The third kappa shape index (κ3) is 7.12. The Morgan fingerprint density at radius 1 is 0.897 bits per heavy atom. The number of rotatable bonds is 10. The van der Waals surface area contributed by atoms with Crippen molar-refractivity contribution in [2.45, 2.75) is 51.6 Å². The summed E-state index contributed by atoms with van der Waals surface area (Å²) in [6.07, 6.45) is 0.293. The number of halogens is 2. The molecule has 7 nitrogen and oxygen atoms in total. The summed E-state index contributed by atoms with van der Waals surface area (Å²) in [7, 11) is -2.66. The van der Waals surface area contributed by atoms with Crippen molar-refractivity contribution in [3.63, 3.8) is 0 Å². The van der Waals surface area contributed by atoms with E-state index in [1.807, 2.05) is 26.8 Å². The van der Waals surface area contributed by atoms with Crippen LogP contribution in [0.5, 0.6) is 0 Å². The number of benzene rings is 3. The number of carbonyl (C=O) groups excluding carboxylic acids is 2. The van der Waals surface area contributed by atoms with Gasteiger partial charge in [0.25, 0.3) is 10.0 Å². The first-order valence-corrected chi connectivity index (χ1v) is 14.7. The van der Waals surface area contributed by atoms with Crippen molar-refractivity contribution < 1.29 is 18.0 Å². The predicted molar refractivity (Wildman–Crippen MR) is 157 cm³/mol. The minimum Gasteiger partial charge on any atom is -0.357 e. The van der Waals surface area contributed by atoms with Crippen LogP contribution in [0.2, 0.25) is 10.0 Å². The molecule has 1 atom stereocenters. The Bertz CT molecular complexity index is 1420. The van der Waals surface area contributed by atoms with Crippen molar-refractivity contribution in [3.05, 3.63) is 93.0 Å². The van der Waals surface area contributed by atoms with Crippen LogP contribution in [0.25, 0.3) is 0 Å². The predicted octanol–water partition coefficient (Wildman–Crippen LogP) is 5.67. The lowest BCUT2D eigenvalue weighted by Gasteiger charge is -2.33. The zero-order valence-electron chi connectivity index (χ0n) is 22.7. The molecule has 0 aromatic heterocycles. The molecule has 208 valence electrons.